The van der Waals surface area contributed by atoms with Crippen LogP contribution in [-0.4, -0.2) is 40.3 Å². The zero-order valence-electron chi connectivity index (χ0n) is 14.0. The third-order valence-corrected chi connectivity index (χ3v) is 5.32. The molecule has 0 aliphatic carbocycles. The minimum Gasteiger partial charge on any atom is -0.385 e. The van der Waals surface area contributed by atoms with Crippen LogP contribution in [0.2, 0.25) is 0 Å². The van der Waals surface area contributed by atoms with Crippen LogP contribution in [0.5, 0.6) is 0 Å². The minimum absolute atomic E-state index is 0.163. The van der Waals surface area contributed by atoms with E-state index >= 15 is 0 Å². The van der Waals surface area contributed by atoms with Crippen molar-refractivity contribution in [1.82, 2.24) is 9.88 Å². The second kappa shape index (κ2) is 6.57. The Bertz CT molecular complexity index is 773. The topological polar surface area (TPSA) is 69.4 Å². The lowest BCUT2D eigenvalue weighted by Gasteiger charge is -2.51. The number of benzene rings is 1. The van der Waals surface area contributed by atoms with Crippen LogP contribution in [-0.2, 0) is 16.9 Å². The second-order valence-corrected chi connectivity index (χ2v) is 6.98. The average Bonchev–Trinajstić information content (AvgIpc) is 2.64. The first-order valence-electron chi connectivity index (χ1n) is 8.64. The highest BCUT2D eigenvalue weighted by Gasteiger charge is 2.46. The van der Waals surface area contributed by atoms with Gasteiger partial charge in [-0.05, 0) is 36.1 Å². The van der Waals surface area contributed by atoms with Crippen LogP contribution in [0.4, 0.5) is 0 Å². The molecule has 1 N–H and O–H groups in total. The molecule has 25 heavy (non-hydrogen) atoms. The number of fused-ring (bicyclic) bond motifs is 2. The van der Waals surface area contributed by atoms with E-state index in [9.17, 15) is 5.11 Å². The van der Waals surface area contributed by atoms with Gasteiger partial charge in [-0.2, -0.15) is 5.26 Å². The predicted molar refractivity (Wildman–Crippen MR) is 92.5 cm³/mol. The van der Waals surface area contributed by atoms with Crippen LogP contribution in [0.1, 0.15) is 29.7 Å². The fourth-order valence-electron chi connectivity index (χ4n) is 4.11. The summed E-state index contributed by atoms with van der Waals surface area (Å²) in [6.07, 6.45) is 2.81. The molecular weight excluding hydrogens is 314 g/mol. The van der Waals surface area contributed by atoms with Gasteiger partial charge in [0.15, 0.2) is 0 Å². The number of aromatic nitrogens is 1. The van der Waals surface area contributed by atoms with Gasteiger partial charge in [-0.3, -0.25) is 4.90 Å². The molecule has 2 fully saturated rings. The zero-order valence-corrected chi connectivity index (χ0v) is 14.0. The molecule has 2 aliphatic rings. The lowest BCUT2D eigenvalue weighted by molar-refractivity contribution is -0.149. The Hall–Kier alpha value is -2.26. The van der Waals surface area contributed by atoms with Crippen molar-refractivity contribution in [3.05, 3.63) is 65.5 Å². The van der Waals surface area contributed by atoms with Gasteiger partial charge in [0.1, 0.15) is 11.8 Å². The second-order valence-electron chi connectivity index (χ2n) is 6.98. The molecular formula is C20H21N3O2. The number of pyridine rings is 1. The number of ether oxygens (including phenoxy) is 1. The van der Waals surface area contributed by atoms with Gasteiger partial charge in [-0.15, -0.1) is 0 Å². The number of rotatable bonds is 3. The highest BCUT2D eigenvalue weighted by molar-refractivity contribution is 5.31. The van der Waals surface area contributed by atoms with E-state index in [-0.39, 0.29) is 12.1 Å². The van der Waals surface area contributed by atoms with E-state index in [2.05, 4.69) is 40.2 Å². The Balaban J connectivity index is 1.59. The number of morpholine rings is 1. The van der Waals surface area contributed by atoms with Gasteiger partial charge >= 0.3 is 0 Å². The van der Waals surface area contributed by atoms with E-state index in [1.807, 2.05) is 12.1 Å². The quantitative estimate of drug-likeness (QED) is 0.931. The Morgan fingerprint density at radius 1 is 1.20 bits per heavy atom. The molecule has 5 heteroatoms. The van der Waals surface area contributed by atoms with Gasteiger partial charge in [0.25, 0.3) is 0 Å². The SMILES string of the molecule is N#Cc1cc(C2(O)CC3COCC(C2)N3Cc2ccccc2)ccn1. The maximum absolute atomic E-state index is 11.3. The summed E-state index contributed by atoms with van der Waals surface area (Å²) in [7, 11) is 0. The zero-order chi connectivity index (χ0) is 17.3. The lowest BCUT2D eigenvalue weighted by atomic mass is 9.76. The van der Waals surface area contributed by atoms with Crippen molar-refractivity contribution in [3.8, 4) is 6.07 Å². The number of nitriles is 1. The summed E-state index contributed by atoms with van der Waals surface area (Å²) in [6, 6.07) is 16.3. The Labute approximate surface area is 147 Å². The molecule has 1 aromatic carbocycles. The van der Waals surface area contributed by atoms with Crippen molar-refractivity contribution in [1.29, 1.82) is 5.26 Å². The van der Waals surface area contributed by atoms with Gasteiger partial charge in [0.05, 0.1) is 18.8 Å². The van der Waals surface area contributed by atoms with E-state index < -0.39 is 5.60 Å². The maximum atomic E-state index is 11.3. The molecule has 0 spiro atoms. The normalized spacial score (nSPS) is 29.1. The summed E-state index contributed by atoms with van der Waals surface area (Å²) >= 11 is 0. The van der Waals surface area contributed by atoms with Crippen molar-refractivity contribution in [3.63, 3.8) is 0 Å². The Kier molecular flexibility index (Phi) is 4.26. The van der Waals surface area contributed by atoms with Gasteiger partial charge in [-0.25, -0.2) is 4.98 Å². The van der Waals surface area contributed by atoms with Gasteiger partial charge in [0, 0.05) is 24.8 Å². The van der Waals surface area contributed by atoms with Crippen LogP contribution >= 0.6 is 0 Å². The summed E-state index contributed by atoms with van der Waals surface area (Å²) in [5.41, 5.74) is 1.48. The molecule has 5 nitrogen and oxygen atoms in total. The van der Waals surface area contributed by atoms with E-state index in [1.54, 1.807) is 12.3 Å². The lowest BCUT2D eigenvalue weighted by Crippen LogP contribution is -2.60. The monoisotopic (exact) mass is 335 g/mol. The number of hydrogen-bond acceptors (Lipinski definition) is 5. The van der Waals surface area contributed by atoms with Crippen molar-refractivity contribution in [2.45, 2.75) is 37.1 Å². The number of aliphatic hydroxyl groups is 1. The third kappa shape index (κ3) is 3.16. The van der Waals surface area contributed by atoms with Crippen molar-refractivity contribution < 1.29 is 9.84 Å². The standard InChI is InChI=1S/C20H21N3O2/c21-11-17-8-16(6-7-22-17)20(24)9-18-13-25-14-19(10-20)23(18)12-15-4-2-1-3-5-15/h1-8,18-19,24H,9-10,12-14H2. The fraction of sp³-hybridized carbons (Fsp3) is 0.400. The molecule has 2 aliphatic heterocycles. The van der Waals surface area contributed by atoms with Crippen molar-refractivity contribution >= 4 is 0 Å². The van der Waals surface area contributed by atoms with Gasteiger partial charge in [-0.1, -0.05) is 30.3 Å². The Morgan fingerprint density at radius 3 is 2.60 bits per heavy atom. The van der Waals surface area contributed by atoms with Crippen LogP contribution in [0.3, 0.4) is 0 Å². The average molecular weight is 335 g/mol. The smallest absolute Gasteiger partial charge is 0.140 e. The van der Waals surface area contributed by atoms with Gasteiger partial charge < -0.3 is 9.84 Å². The molecule has 1 aromatic heterocycles. The number of nitrogens with zero attached hydrogens (tertiary/aromatic N) is 3. The molecule has 4 rings (SSSR count). The highest BCUT2D eigenvalue weighted by atomic mass is 16.5. The molecule has 2 saturated heterocycles. The van der Waals surface area contributed by atoms with Crippen molar-refractivity contribution in [2.75, 3.05) is 13.2 Å². The van der Waals surface area contributed by atoms with E-state index in [1.165, 1.54) is 5.56 Å². The van der Waals surface area contributed by atoms with Crippen LogP contribution < -0.4 is 0 Å². The molecule has 2 unspecified atom stereocenters. The number of hydrogen-bond donors (Lipinski definition) is 1. The largest absolute Gasteiger partial charge is 0.385 e. The van der Waals surface area contributed by atoms with E-state index in [0.29, 0.717) is 31.7 Å². The third-order valence-electron chi connectivity index (χ3n) is 5.32. The first kappa shape index (κ1) is 16.2. The summed E-state index contributed by atoms with van der Waals surface area (Å²) in [5.74, 6) is 0. The maximum Gasteiger partial charge on any atom is 0.140 e. The molecule has 128 valence electrons. The van der Waals surface area contributed by atoms with Crippen LogP contribution in [0, 0.1) is 11.3 Å². The minimum atomic E-state index is -0.930. The predicted octanol–water partition coefficient (Wildman–Crippen LogP) is 2.20. The molecule has 0 saturated carbocycles. The number of piperidine rings is 1. The van der Waals surface area contributed by atoms with E-state index in [0.717, 1.165) is 12.1 Å². The highest BCUT2D eigenvalue weighted by Crippen LogP contribution is 2.41. The van der Waals surface area contributed by atoms with Crippen LogP contribution in [0.15, 0.2) is 48.7 Å². The van der Waals surface area contributed by atoms with Gasteiger partial charge in [0.2, 0.25) is 0 Å². The summed E-state index contributed by atoms with van der Waals surface area (Å²) < 4.78 is 5.76. The molecule has 2 aromatic rings. The fourth-order valence-corrected chi connectivity index (χ4v) is 4.11. The van der Waals surface area contributed by atoms with E-state index in [4.69, 9.17) is 10.00 Å². The molecule has 3 heterocycles. The Morgan fingerprint density at radius 2 is 1.92 bits per heavy atom. The summed E-state index contributed by atoms with van der Waals surface area (Å²) in [6.45, 7) is 2.12. The molecule has 0 radical (unpaired) electrons. The summed E-state index contributed by atoms with van der Waals surface area (Å²) in [5, 5.41) is 20.4. The molecule has 2 bridgehead atoms. The van der Waals surface area contributed by atoms with Crippen LogP contribution in [0.25, 0.3) is 0 Å². The molecule has 0 amide bonds. The first-order chi connectivity index (χ1) is 12.2. The molecule has 2 atom stereocenters. The summed E-state index contributed by atoms with van der Waals surface area (Å²) in [4.78, 5) is 6.48. The first-order valence-corrected chi connectivity index (χ1v) is 8.64. The van der Waals surface area contributed by atoms with Crippen molar-refractivity contribution in [2.24, 2.45) is 0 Å².